The van der Waals surface area contributed by atoms with E-state index in [1.165, 1.54) is 23.9 Å². The van der Waals surface area contributed by atoms with Crippen LogP contribution in [0.2, 0.25) is 0 Å². The van der Waals surface area contributed by atoms with E-state index in [-0.39, 0.29) is 23.5 Å². The zero-order chi connectivity index (χ0) is 21.8. The second kappa shape index (κ2) is 9.40. The molecule has 3 aromatic rings. The van der Waals surface area contributed by atoms with E-state index in [0.717, 1.165) is 28.3 Å². The lowest BCUT2D eigenvalue weighted by Crippen LogP contribution is -2.21. The van der Waals surface area contributed by atoms with Gasteiger partial charge < -0.3 is 5.32 Å². The van der Waals surface area contributed by atoms with Crippen molar-refractivity contribution in [2.45, 2.75) is 32.0 Å². The van der Waals surface area contributed by atoms with E-state index in [4.69, 9.17) is 0 Å². The summed E-state index contributed by atoms with van der Waals surface area (Å²) >= 11 is 1.30. The zero-order valence-corrected chi connectivity index (χ0v) is 18.6. The van der Waals surface area contributed by atoms with Crippen LogP contribution in [0.25, 0.3) is 5.69 Å². The van der Waals surface area contributed by atoms with Crippen LogP contribution in [0, 0.1) is 19.7 Å². The predicted octanol–water partition coefficient (Wildman–Crippen LogP) is 4.38. The lowest BCUT2D eigenvalue weighted by molar-refractivity contribution is -0.113. The monoisotopic (exact) mass is 427 g/mol. The fourth-order valence-corrected chi connectivity index (χ4v) is 3.67. The molecule has 0 radical (unpaired) electrons. The molecule has 1 N–H and O–H groups in total. The van der Waals surface area contributed by atoms with Crippen LogP contribution in [0.1, 0.15) is 29.9 Å². The first kappa shape index (κ1) is 22.0. The highest BCUT2D eigenvalue weighted by Gasteiger charge is 2.21. The molecular weight excluding hydrogens is 401 g/mol. The van der Waals surface area contributed by atoms with E-state index in [1.807, 2.05) is 62.5 Å². The summed E-state index contributed by atoms with van der Waals surface area (Å²) in [5.74, 6) is 0.480. The number of amides is 1. The summed E-state index contributed by atoms with van der Waals surface area (Å²) < 4.78 is 15.3. The molecular formula is C22H26FN5OS. The van der Waals surface area contributed by atoms with E-state index < -0.39 is 0 Å². The Balaban J connectivity index is 1.82. The Morgan fingerprint density at radius 2 is 1.87 bits per heavy atom. The van der Waals surface area contributed by atoms with E-state index in [2.05, 4.69) is 15.5 Å². The SMILES string of the molecule is Cc1cccc(NC(=O)CSc2nnc([C@@H](C)N(C)C)n2-c2ccc(F)cc2)c1C. The lowest BCUT2D eigenvalue weighted by Gasteiger charge is -2.20. The molecule has 1 atom stereocenters. The third kappa shape index (κ3) is 4.88. The number of thioether (sulfide) groups is 1. The van der Waals surface area contributed by atoms with Gasteiger partial charge in [-0.1, -0.05) is 23.9 Å². The largest absolute Gasteiger partial charge is 0.325 e. The number of aromatic nitrogens is 3. The predicted molar refractivity (Wildman–Crippen MR) is 119 cm³/mol. The molecule has 1 amide bonds. The van der Waals surface area contributed by atoms with Gasteiger partial charge in [0.1, 0.15) is 5.82 Å². The number of anilines is 1. The standard InChI is InChI=1S/C22H26FN5OS/c1-14-7-6-8-19(15(14)2)24-20(29)13-30-22-26-25-21(16(3)27(4)5)28(22)18-11-9-17(23)10-12-18/h6-12,16H,13H2,1-5H3,(H,24,29)/t16-/m1/s1. The summed E-state index contributed by atoms with van der Waals surface area (Å²) in [7, 11) is 3.91. The van der Waals surface area contributed by atoms with Crippen molar-refractivity contribution in [2.24, 2.45) is 0 Å². The Morgan fingerprint density at radius 3 is 2.53 bits per heavy atom. The van der Waals surface area contributed by atoms with Gasteiger partial charge in [-0.2, -0.15) is 0 Å². The van der Waals surface area contributed by atoms with Crippen LogP contribution in [0.4, 0.5) is 10.1 Å². The van der Waals surface area contributed by atoms with Crippen LogP contribution in [0.3, 0.4) is 0 Å². The number of hydrogen-bond acceptors (Lipinski definition) is 5. The molecule has 158 valence electrons. The average molecular weight is 428 g/mol. The lowest BCUT2D eigenvalue weighted by atomic mass is 10.1. The first-order chi connectivity index (χ1) is 14.3. The van der Waals surface area contributed by atoms with Crippen LogP contribution < -0.4 is 5.32 Å². The third-order valence-electron chi connectivity index (χ3n) is 5.10. The molecule has 3 rings (SSSR count). The van der Waals surface area contributed by atoms with Gasteiger partial charge in [0.2, 0.25) is 5.91 Å². The van der Waals surface area contributed by atoms with Crippen LogP contribution >= 0.6 is 11.8 Å². The Morgan fingerprint density at radius 1 is 1.17 bits per heavy atom. The molecule has 0 fully saturated rings. The zero-order valence-electron chi connectivity index (χ0n) is 17.8. The topological polar surface area (TPSA) is 63.1 Å². The van der Waals surface area contributed by atoms with Crippen LogP contribution in [0.15, 0.2) is 47.6 Å². The van der Waals surface area contributed by atoms with Crippen molar-refractivity contribution in [3.63, 3.8) is 0 Å². The summed E-state index contributed by atoms with van der Waals surface area (Å²) in [6.45, 7) is 6.02. The van der Waals surface area contributed by atoms with Crippen molar-refractivity contribution in [2.75, 3.05) is 25.2 Å². The number of rotatable bonds is 7. The van der Waals surface area contributed by atoms with E-state index in [1.54, 1.807) is 12.1 Å². The third-order valence-corrected chi connectivity index (χ3v) is 6.03. The highest BCUT2D eigenvalue weighted by molar-refractivity contribution is 7.99. The smallest absolute Gasteiger partial charge is 0.234 e. The number of aryl methyl sites for hydroxylation is 1. The molecule has 6 nitrogen and oxygen atoms in total. The Bertz CT molecular complexity index is 1030. The average Bonchev–Trinajstić information content (AvgIpc) is 3.13. The van der Waals surface area contributed by atoms with Crippen molar-refractivity contribution in [3.8, 4) is 5.69 Å². The van der Waals surface area contributed by atoms with Gasteiger partial charge in [0.15, 0.2) is 11.0 Å². The molecule has 0 unspecified atom stereocenters. The number of halogens is 1. The van der Waals surface area contributed by atoms with Crippen LogP contribution in [0.5, 0.6) is 0 Å². The Kier molecular flexibility index (Phi) is 6.89. The first-order valence-corrected chi connectivity index (χ1v) is 10.6. The Hall–Kier alpha value is -2.71. The number of hydrogen-bond donors (Lipinski definition) is 1. The summed E-state index contributed by atoms with van der Waals surface area (Å²) in [5, 5.41) is 12.2. The molecule has 0 saturated carbocycles. The number of nitrogens with zero attached hydrogens (tertiary/aromatic N) is 4. The molecule has 0 saturated heterocycles. The van der Waals surface area contributed by atoms with Gasteiger partial charge in [-0.15, -0.1) is 10.2 Å². The van der Waals surface area contributed by atoms with Crippen LogP contribution in [-0.4, -0.2) is 45.4 Å². The van der Waals surface area contributed by atoms with Crippen molar-refractivity contribution in [3.05, 3.63) is 65.2 Å². The minimum Gasteiger partial charge on any atom is -0.325 e. The summed E-state index contributed by atoms with van der Waals surface area (Å²) in [6, 6.07) is 12.0. The summed E-state index contributed by atoms with van der Waals surface area (Å²) in [4.78, 5) is 14.6. The van der Waals surface area contributed by atoms with Crippen molar-refractivity contribution in [1.29, 1.82) is 0 Å². The maximum Gasteiger partial charge on any atom is 0.234 e. The molecule has 2 aromatic carbocycles. The molecule has 0 aliphatic heterocycles. The molecule has 1 heterocycles. The number of carbonyl (C=O) groups excluding carboxylic acids is 1. The molecule has 30 heavy (non-hydrogen) atoms. The fourth-order valence-electron chi connectivity index (χ4n) is 2.91. The minimum absolute atomic E-state index is 0.0133. The summed E-state index contributed by atoms with van der Waals surface area (Å²) in [6.07, 6.45) is 0. The molecule has 0 aliphatic rings. The van der Waals surface area contributed by atoms with Gasteiger partial charge in [-0.3, -0.25) is 14.3 Å². The maximum atomic E-state index is 13.4. The first-order valence-electron chi connectivity index (χ1n) is 9.64. The van der Waals surface area contributed by atoms with E-state index in [9.17, 15) is 9.18 Å². The highest BCUT2D eigenvalue weighted by atomic mass is 32.2. The molecule has 8 heteroatoms. The van der Waals surface area contributed by atoms with E-state index >= 15 is 0 Å². The summed E-state index contributed by atoms with van der Waals surface area (Å²) in [5.41, 5.74) is 3.73. The second-order valence-corrected chi connectivity index (χ2v) is 8.32. The molecule has 1 aromatic heterocycles. The highest BCUT2D eigenvalue weighted by Crippen LogP contribution is 2.27. The van der Waals surface area contributed by atoms with Crippen molar-refractivity contribution in [1.82, 2.24) is 19.7 Å². The van der Waals surface area contributed by atoms with Crippen molar-refractivity contribution < 1.29 is 9.18 Å². The number of nitrogens with one attached hydrogen (secondary N) is 1. The van der Waals surface area contributed by atoms with Gasteiger partial charge in [0, 0.05) is 11.4 Å². The van der Waals surface area contributed by atoms with E-state index in [0.29, 0.717) is 5.16 Å². The second-order valence-electron chi connectivity index (χ2n) is 7.38. The number of benzene rings is 2. The molecule has 0 bridgehead atoms. The van der Waals surface area contributed by atoms with Gasteiger partial charge in [0.25, 0.3) is 0 Å². The molecule has 0 aliphatic carbocycles. The Labute approximate surface area is 180 Å². The maximum absolute atomic E-state index is 13.4. The minimum atomic E-state index is -0.309. The van der Waals surface area contributed by atoms with Crippen molar-refractivity contribution >= 4 is 23.4 Å². The fraction of sp³-hybridized carbons (Fsp3) is 0.318. The molecule has 0 spiro atoms. The normalized spacial score (nSPS) is 12.2. The van der Waals surface area contributed by atoms with Gasteiger partial charge in [0.05, 0.1) is 11.8 Å². The van der Waals surface area contributed by atoms with Gasteiger partial charge in [-0.25, -0.2) is 4.39 Å². The van der Waals surface area contributed by atoms with Gasteiger partial charge >= 0.3 is 0 Å². The van der Waals surface area contributed by atoms with Gasteiger partial charge in [-0.05, 0) is 76.3 Å². The van der Waals surface area contributed by atoms with Crippen LogP contribution in [-0.2, 0) is 4.79 Å². The number of carbonyl (C=O) groups is 1. The quantitative estimate of drug-likeness (QED) is 0.567.